The van der Waals surface area contributed by atoms with E-state index in [2.05, 4.69) is 4.98 Å². The molecule has 0 aliphatic carbocycles. The quantitative estimate of drug-likeness (QED) is 0.864. The minimum Gasteiger partial charge on any atom is -0.281 e. The predicted octanol–water partition coefficient (Wildman–Crippen LogP) is 2.69. The number of pyridine rings is 1. The highest BCUT2D eigenvalue weighted by Gasteiger charge is 2.51. The van der Waals surface area contributed by atoms with Gasteiger partial charge in [0.1, 0.15) is 0 Å². The van der Waals surface area contributed by atoms with Gasteiger partial charge < -0.3 is 0 Å². The molecular formula is C10H14F3NO3S. The normalized spacial score (nSPS) is 13.4. The molecule has 1 heterocycles. The molecule has 18 heavy (non-hydrogen) atoms. The molecule has 0 aromatic carbocycles. The van der Waals surface area contributed by atoms with E-state index >= 15 is 0 Å². The summed E-state index contributed by atoms with van der Waals surface area (Å²) in [7, 11) is -5.63. The van der Waals surface area contributed by atoms with Crippen LogP contribution in [-0.4, -0.2) is 29.4 Å². The number of hydrogen-bond donors (Lipinski definition) is 1. The molecule has 4 nitrogen and oxygen atoms in total. The summed E-state index contributed by atoms with van der Waals surface area (Å²) in [4.78, 5) is 3.78. The Bertz CT molecular complexity index is 399. The van der Waals surface area contributed by atoms with E-state index in [1.54, 1.807) is 12.4 Å². The van der Waals surface area contributed by atoms with Gasteiger partial charge in [-0.25, -0.2) is 4.39 Å². The summed E-state index contributed by atoms with van der Waals surface area (Å²) in [5, 5.41) is -4.69. The fourth-order valence-corrected chi connectivity index (χ4v) is 1.34. The second kappa shape index (κ2) is 7.32. The van der Waals surface area contributed by atoms with Crippen molar-refractivity contribution in [1.29, 1.82) is 0 Å². The molecule has 0 radical (unpaired) electrons. The van der Waals surface area contributed by atoms with Gasteiger partial charge in [0.05, 0.1) is 0 Å². The van der Waals surface area contributed by atoms with Crippen LogP contribution in [0.15, 0.2) is 30.6 Å². The molecule has 0 saturated heterocycles. The highest BCUT2D eigenvalue weighted by Crippen LogP contribution is 2.29. The lowest BCUT2D eigenvalue weighted by Gasteiger charge is -2.16. The van der Waals surface area contributed by atoms with Crippen molar-refractivity contribution < 1.29 is 26.1 Å². The van der Waals surface area contributed by atoms with Gasteiger partial charge in [0.2, 0.25) is 0 Å². The minimum atomic E-state index is -5.63. The maximum Gasteiger partial charge on any atom is 0.400 e. The molecule has 1 unspecified atom stereocenters. The molecule has 0 aliphatic rings. The summed E-state index contributed by atoms with van der Waals surface area (Å²) in [5.74, 6) is 0. The summed E-state index contributed by atoms with van der Waals surface area (Å²) in [5.41, 5.74) is 0. The summed E-state index contributed by atoms with van der Waals surface area (Å²) in [6.45, 7) is 1.42. The van der Waals surface area contributed by atoms with Crippen LogP contribution in [0, 0.1) is 0 Å². The molecule has 0 saturated carbocycles. The zero-order valence-corrected chi connectivity index (χ0v) is 10.4. The molecule has 1 aromatic heterocycles. The first-order valence-electron chi connectivity index (χ1n) is 5.07. The molecule has 0 amide bonds. The zero-order chi connectivity index (χ0) is 14.2. The van der Waals surface area contributed by atoms with Crippen molar-refractivity contribution >= 4 is 10.1 Å². The number of alkyl halides is 3. The van der Waals surface area contributed by atoms with Crippen molar-refractivity contribution in [1.82, 2.24) is 4.98 Å². The molecule has 1 atom stereocenters. The van der Waals surface area contributed by atoms with Crippen LogP contribution in [0.1, 0.15) is 19.8 Å². The van der Waals surface area contributed by atoms with Gasteiger partial charge >= 0.3 is 15.4 Å². The van der Waals surface area contributed by atoms with E-state index in [4.69, 9.17) is 4.55 Å². The molecule has 0 bridgehead atoms. The Labute approximate surface area is 104 Å². The predicted molar refractivity (Wildman–Crippen MR) is 60.5 cm³/mol. The van der Waals surface area contributed by atoms with Crippen molar-refractivity contribution in [3.05, 3.63) is 30.6 Å². The first-order chi connectivity index (χ1) is 8.23. The van der Waals surface area contributed by atoms with Gasteiger partial charge in [-0.3, -0.25) is 9.54 Å². The lowest BCUT2D eigenvalue weighted by Crippen LogP contribution is -2.38. The van der Waals surface area contributed by atoms with E-state index in [0.29, 0.717) is 0 Å². The number of hydrogen-bond acceptors (Lipinski definition) is 3. The van der Waals surface area contributed by atoms with E-state index < -0.39 is 28.0 Å². The average molecular weight is 285 g/mol. The monoisotopic (exact) mass is 285 g/mol. The Morgan fingerprint density at radius 3 is 2.00 bits per heavy atom. The van der Waals surface area contributed by atoms with Gasteiger partial charge in [-0.05, 0) is 18.6 Å². The minimum absolute atomic E-state index is 0.0757. The van der Waals surface area contributed by atoms with Crippen molar-refractivity contribution in [3.63, 3.8) is 0 Å². The molecule has 0 aliphatic heterocycles. The average Bonchev–Trinajstić information content (AvgIpc) is 2.31. The third-order valence-electron chi connectivity index (χ3n) is 1.82. The van der Waals surface area contributed by atoms with Crippen LogP contribution in [0.2, 0.25) is 0 Å². The third-order valence-corrected chi connectivity index (χ3v) is 2.76. The standard InChI is InChI=1S/C5H9F3O3S.C5H5N/c1-2-3-4(6)5(7,8)12(9,10)11;1-2-4-6-5-3-1/h4H,2-3H2,1H3,(H,9,10,11);1-5H. The Balaban J connectivity index is 0.000000397. The van der Waals surface area contributed by atoms with Gasteiger partial charge in [-0.15, -0.1) is 0 Å². The fraction of sp³-hybridized carbons (Fsp3) is 0.500. The van der Waals surface area contributed by atoms with Crippen LogP contribution in [0.4, 0.5) is 13.2 Å². The highest BCUT2D eigenvalue weighted by atomic mass is 32.2. The maximum absolute atomic E-state index is 12.4. The SMILES string of the molecule is CCCC(F)C(F)(F)S(=O)(=O)O.c1ccncc1. The lowest BCUT2D eigenvalue weighted by atomic mass is 10.2. The number of nitrogens with zero attached hydrogens (tertiary/aromatic N) is 1. The van der Waals surface area contributed by atoms with E-state index in [1.807, 2.05) is 18.2 Å². The molecule has 104 valence electrons. The maximum atomic E-state index is 12.4. The summed E-state index contributed by atoms with van der Waals surface area (Å²) in [6.07, 6.45) is 0.122. The van der Waals surface area contributed by atoms with Gasteiger partial charge in [0.25, 0.3) is 0 Å². The Hall–Kier alpha value is -1.15. The molecule has 1 N–H and O–H groups in total. The Kier molecular flexibility index (Phi) is 6.85. The molecule has 8 heteroatoms. The van der Waals surface area contributed by atoms with E-state index in [0.717, 1.165) is 0 Å². The van der Waals surface area contributed by atoms with Crippen LogP contribution < -0.4 is 0 Å². The topological polar surface area (TPSA) is 67.3 Å². The van der Waals surface area contributed by atoms with Crippen molar-refractivity contribution in [2.45, 2.75) is 31.2 Å². The van der Waals surface area contributed by atoms with Crippen molar-refractivity contribution in [2.75, 3.05) is 0 Å². The van der Waals surface area contributed by atoms with Gasteiger partial charge in [0.15, 0.2) is 6.17 Å². The van der Waals surface area contributed by atoms with Crippen molar-refractivity contribution in [3.8, 4) is 0 Å². The Morgan fingerprint density at radius 1 is 1.28 bits per heavy atom. The lowest BCUT2D eigenvalue weighted by molar-refractivity contribution is -0.00631. The zero-order valence-electron chi connectivity index (χ0n) is 9.63. The van der Waals surface area contributed by atoms with Crippen LogP contribution in [0.5, 0.6) is 0 Å². The summed E-state index contributed by atoms with van der Waals surface area (Å²) >= 11 is 0. The van der Waals surface area contributed by atoms with Crippen LogP contribution >= 0.6 is 0 Å². The van der Waals surface area contributed by atoms with Gasteiger partial charge in [0, 0.05) is 12.4 Å². The molecule has 1 aromatic rings. The second-order valence-electron chi connectivity index (χ2n) is 3.32. The van der Waals surface area contributed by atoms with E-state index in [-0.39, 0.29) is 6.42 Å². The summed E-state index contributed by atoms with van der Waals surface area (Å²) < 4.78 is 64.8. The number of aromatic nitrogens is 1. The van der Waals surface area contributed by atoms with Gasteiger partial charge in [-0.2, -0.15) is 17.2 Å². The Morgan fingerprint density at radius 2 is 1.78 bits per heavy atom. The van der Waals surface area contributed by atoms with Gasteiger partial charge in [-0.1, -0.05) is 19.4 Å². The number of rotatable bonds is 4. The third kappa shape index (κ3) is 5.46. The smallest absolute Gasteiger partial charge is 0.281 e. The van der Waals surface area contributed by atoms with Crippen LogP contribution in [-0.2, 0) is 10.1 Å². The number of halogens is 3. The van der Waals surface area contributed by atoms with E-state index in [9.17, 15) is 21.6 Å². The fourth-order valence-electron chi connectivity index (χ4n) is 0.896. The molecule has 1 rings (SSSR count). The largest absolute Gasteiger partial charge is 0.400 e. The molecular weight excluding hydrogens is 271 g/mol. The van der Waals surface area contributed by atoms with Crippen LogP contribution in [0.25, 0.3) is 0 Å². The molecule has 0 spiro atoms. The van der Waals surface area contributed by atoms with Crippen LogP contribution in [0.3, 0.4) is 0 Å². The molecule has 0 fully saturated rings. The second-order valence-corrected chi connectivity index (χ2v) is 4.81. The first kappa shape index (κ1) is 16.9. The van der Waals surface area contributed by atoms with E-state index in [1.165, 1.54) is 6.92 Å². The first-order valence-corrected chi connectivity index (χ1v) is 6.51. The highest BCUT2D eigenvalue weighted by molar-refractivity contribution is 7.86. The van der Waals surface area contributed by atoms with Crippen molar-refractivity contribution in [2.24, 2.45) is 0 Å². The summed E-state index contributed by atoms with van der Waals surface area (Å²) in [6, 6.07) is 5.72.